The Morgan fingerprint density at radius 1 is 1.16 bits per heavy atom. The first-order valence-corrected chi connectivity index (χ1v) is 12.5. The van der Waals surface area contributed by atoms with Gasteiger partial charge in [0.2, 0.25) is 0 Å². The maximum absolute atomic E-state index is 14.0. The maximum atomic E-state index is 14.0. The van der Waals surface area contributed by atoms with Gasteiger partial charge in [-0.1, -0.05) is 42.7 Å². The second kappa shape index (κ2) is 9.68. The molecule has 12 nitrogen and oxygen atoms in total. The molecule has 0 radical (unpaired) electrons. The van der Waals surface area contributed by atoms with Crippen molar-refractivity contribution in [2.75, 3.05) is 0 Å². The van der Waals surface area contributed by atoms with E-state index in [-0.39, 0.29) is 11.2 Å². The molecule has 0 aliphatic carbocycles. The van der Waals surface area contributed by atoms with E-state index < -0.39 is 5.41 Å². The number of rotatable bonds is 8. The third-order valence-electron chi connectivity index (χ3n) is 6.69. The number of aromatic nitrogens is 10. The monoisotopic (exact) mass is 501 g/mol. The number of aliphatic imine (C=N–C) groups is 1. The van der Waals surface area contributed by atoms with Crippen molar-refractivity contribution < 1.29 is 0 Å². The highest BCUT2D eigenvalue weighted by Crippen LogP contribution is 2.35. The number of hydrogen-bond acceptors (Lipinski definition) is 8. The van der Waals surface area contributed by atoms with Gasteiger partial charge in [0.05, 0.1) is 5.54 Å². The molecular formula is C25H31N11O. The molecule has 0 spiro atoms. The molecule has 0 saturated carbocycles. The lowest BCUT2D eigenvalue weighted by molar-refractivity contribution is 0.342. The highest BCUT2D eigenvalue weighted by atomic mass is 16.2. The van der Waals surface area contributed by atoms with E-state index in [1.54, 1.807) is 15.4 Å². The smallest absolute Gasteiger partial charge is 0.295 e. The lowest BCUT2D eigenvalue weighted by Gasteiger charge is -2.32. The summed E-state index contributed by atoms with van der Waals surface area (Å²) in [5, 5.41) is 26.5. The first-order chi connectivity index (χ1) is 17.8. The normalized spacial score (nSPS) is 17.5. The minimum Gasteiger partial charge on any atom is -0.295 e. The van der Waals surface area contributed by atoms with Crippen LogP contribution in [0, 0.1) is 0 Å². The van der Waals surface area contributed by atoms with Gasteiger partial charge in [-0.25, -0.2) is 19.1 Å². The first kappa shape index (κ1) is 24.5. The average molecular weight is 502 g/mol. The zero-order valence-corrected chi connectivity index (χ0v) is 21.5. The summed E-state index contributed by atoms with van der Waals surface area (Å²) in [6.07, 6.45) is 11.1. The summed E-state index contributed by atoms with van der Waals surface area (Å²) in [5.74, 6) is 0.995. The fourth-order valence-corrected chi connectivity index (χ4v) is 4.66. The number of tetrazole rings is 2. The average Bonchev–Trinajstić information content (AvgIpc) is 3.65. The van der Waals surface area contributed by atoms with Crippen LogP contribution in [0.1, 0.15) is 58.2 Å². The lowest BCUT2D eigenvalue weighted by atomic mass is 9.76. The molecule has 12 heteroatoms. The van der Waals surface area contributed by atoms with Crippen LogP contribution in [-0.2, 0) is 23.9 Å². The van der Waals surface area contributed by atoms with Gasteiger partial charge >= 0.3 is 5.69 Å². The van der Waals surface area contributed by atoms with E-state index in [1.165, 1.54) is 0 Å². The molecule has 0 fully saturated rings. The number of nitrogens with zero attached hydrogens (tertiary/aromatic N) is 10. The van der Waals surface area contributed by atoms with Crippen LogP contribution in [0.25, 0.3) is 17.3 Å². The Bertz CT molecular complexity index is 1480. The van der Waals surface area contributed by atoms with Gasteiger partial charge in [0.15, 0.2) is 5.82 Å². The minimum atomic E-state index is -0.488. The number of allylic oxidation sites excluding steroid dienone is 1. The van der Waals surface area contributed by atoms with Crippen molar-refractivity contribution in [1.29, 1.82) is 0 Å². The molecule has 1 unspecified atom stereocenters. The fraction of sp³-hybridized carbons (Fsp3) is 0.440. The third kappa shape index (κ3) is 4.66. The number of aryl methyl sites for hydroxylation is 1. The zero-order chi connectivity index (χ0) is 26.0. The van der Waals surface area contributed by atoms with Crippen molar-refractivity contribution in [3.63, 3.8) is 0 Å². The number of unbranched alkanes of at least 4 members (excludes halogenated alkanes) is 1. The molecule has 1 aliphatic heterocycles. The van der Waals surface area contributed by atoms with Crippen LogP contribution >= 0.6 is 0 Å². The molecular weight excluding hydrogens is 470 g/mol. The molecule has 1 aliphatic rings. The lowest BCUT2D eigenvalue weighted by Crippen LogP contribution is -2.37. The Kier molecular flexibility index (Phi) is 6.40. The topological polar surface area (TPSA) is 137 Å². The van der Waals surface area contributed by atoms with Crippen LogP contribution in [0.4, 0.5) is 0 Å². The van der Waals surface area contributed by atoms with Gasteiger partial charge in [0, 0.05) is 41.8 Å². The molecule has 4 aromatic rings. The number of imidazole rings is 1. The summed E-state index contributed by atoms with van der Waals surface area (Å²) < 4.78 is 5.12. The highest BCUT2D eigenvalue weighted by Gasteiger charge is 2.34. The van der Waals surface area contributed by atoms with Crippen LogP contribution in [0.15, 0.2) is 52.5 Å². The number of aromatic amines is 1. The Morgan fingerprint density at radius 2 is 2.03 bits per heavy atom. The summed E-state index contributed by atoms with van der Waals surface area (Å²) in [6.45, 7) is 8.60. The van der Waals surface area contributed by atoms with Crippen LogP contribution < -0.4 is 5.69 Å². The number of nitrogens with one attached hydrogen (secondary N) is 1. The summed E-state index contributed by atoms with van der Waals surface area (Å²) >= 11 is 0. The molecule has 4 heterocycles. The van der Waals surface area contributed by atoms with E-state index in [1.807, 2.05) is 49.9 Å². The highest BCUT2D eigenvalue weighted by molar-refractivity contribution is 5.65. The molecule has 0 saturated heterocycles. The van der Waals surface area contributed by atoms with Gasteiger partial charge in [-0.05, 0) is 72.5 Å². The molecule has 1 N–H and O–H groups in total. The molecule has 192 valence electrons. The van der Waals surface area contributed by atoms with Crippen molar-refractivity contribution in [2.45, 2.75) is 70.9 Å². The van der Waals surface area contributed by atoms with Crippen LogP contribution in [-0.4, -0.2) is 56.2 Å². The SMILES string of the molecule is CCCCc1cn(-c2nnnn2C(C)(C)C)c(=O)n1CC1(c2cccc(-c3nnn[nH]3)c2)C=CN=CC1. The number of H-pyrrole nitrogens is 1. The molecule has 0 bridgehead atoms. The maximum Gasteiger partial charge on any atom is 0.335 e. The van der Waals surface area contributed by atoms with Crippen LogP contribution in [0.5, 0.6) is 0 Å². The van der Waals surface area contributed by atoms with E-state index >= 15 is 0 Å². The summed E-state index contributed by atoms with van der Waals surface area (Å²) in [5.41, 5.74) is 1.82. The Labute approximate surface area is 214 Å². The van der Waals surface area contributed by atoms with Gasteiger partial charge in [-0.2, -0.15) is 0 Å². The molecule has 1 atom stereocenters. The van der Waals surface area contributed by atoms with E-state index in [0.717, 1.165) is 36.1 Å². The molecule has 0 amide bonds. The van der Waals surface area contributed by atoms with Gasteiger partial charge in [-0.3, -0.25) is 9.56 Å². The number of hydrogen-bond donors (Lipinski definition) is 1. The van der Waals surface area contributed by atoms with Crippen molar-refractivity contribution in [2.24, 2.45) is 4.99 Å². The first-order valence-electron chi connectivity index (χ1n) is 12.5. The summed E-state index contributed by atoms with van der Waals surface area (Å²) in [6, 6.07) is 8.09. The molecule has 3 aromatic heterocycles. The van der Waals surface area contributed by atoms with Crippen molar-refractivity contribution in [1.82, 2.24) is 50.0 Å². The van der Waals surface area contributed by atoms with Gasteiger partial charge in [0.1, 0.15) is 0 Å². The van der Waals surface area contributed by atoms with Crippen LogP contribution in [0.2, 0.25) is 0 Å². The standard InChI is InChI=1S/C25H31N11O/c1-5-6-10-20-16-34(22-29-32-33-36(22)24(2,3)4)23(37)35(20)17-25(11-13-26-14-12-25)19-9-7-8-18(15-19)21-27-30-31-28-21/h7-9,11,13-16H,5-6,10,12,17H2,1-4H3,(H,27,28,30,31). The van der Waals surface area contributed by atoms with Crippen molar-refractivity contribution in [3.05, 3.63) is 64.5 Å². The Balaban J connectivity index is 1.62. The van der Waals surface area contributed by atoms with Crippen molar-refractivity contribution >= 4 is 6.21 Å². The van der Waals surface area contributed by atoms with Gasteiger partial charge in [0.25, 0.3) is 5.95 Å². The zero-order valence-electron chi connectivity index (χ0n) is 21.5. The molecule has 1 aromatic carbocycles. The molecule has 37 heavy (non-hydrogen) atoms. The van der Waals surface area contributed by atoms with E-state index in [9.17, 15) is 4.79 Å². The van der Waals surface area contributed by atoms with Crippen molar-refractivity contribution in [3.8, 4) is 17.3 Å². The molecule has 5 rings (SSSR count). The second-order valence-electron chi connectivity index (χ2n) is 10.4. The second-order valence-corrected chi connectivity index (χ2v) is 10.4. The largest absolute Gasteiger partial charge is 0.335 e. The Morgan fingerprint density at radius 3 is 2.73 bits per heavy atom. The van der Waals surface area contributed by atoms with Gasteiger partial charge < -0.3 is 0 Å². The van der Waals surface area contributed by atoms with E-state index in [0.29, 0.717) is 24.7 Å². The van der Waals surface area contributed by atoms with E-state index in [2.05, 4.69) is 66.3 Å². The summed E-state index contributed by atoms with van der Waals surface area (Å²) in [7, 11) is 0. The Hall–Kier alpha value is -4.22. The third-order valence-corrected chi connectivity index (χ3v) is 6.69. The summed E-state index contributed by atoms with van der Waals surface area (Å²) in [4.78, 5) is 18.3. The quantitative estimate of drug-likeness (QED) is 0.392. The minimum absolute atomic E-state index is 0.169. The van der Waals surface area contributed by atoms with Crippen LogP contribution in [0.3, 0.4) is 0 Å². The predicted molar refractivity (Wildman–Crippen MR) is 139 cm³/mol. The predicted octanol–water partition coefficient (Wildman–Crippen LogP) is 2.83. The van der Waals surface area contributed by atoms with E-state index in [4.69, 9.17) is 0 Å². The van der Waals surface area contributed by atoms with Gasteiger partial charge in [-0.15, -0.1) is 5.10 Å². The fourth-order valence-electron chi connectivity index (χ4n) is 4.66. The number of benzene rings is 1.